The van der Waals surface area contributed by atoms with Crippen molar-refractivity contribution in [1.82, 2.24) is 4.90 Å². The van der Waals surface area contributed by atoms with E-state index in [2.05, 4.69) is 0 Å². The zero-order valence-corrected chi connectivity index (χ0v) is 18.5. The molecule has 2 rings (SSSR count). The second-order valence-electron chi connectivity index (χ2n) is 7.18. The molecule has 0 N–H and O–H groups in total. The molecule has 0 aromatic heterocycles. The van der Waals surface area contributed by atoms with Gasteiger partial charge >= 0.3 is 12.3 Å². The van der Waals surface area contributed by atoms with Crippen molar-refractivity contribution in [3.63, 3.8) is 0 Å². The first-order valence-electron chi connectivity index (χ1n) is 10.2. The van der Waals surface area contributed by atoms with Gasteiger partial charge in [-0.05, 0) is 45.7 Å². The Morgan fingerprint density at radius 3 is 1.76 bits per heavy atom. The second kappa shape index (κ2) is 11.8. The summed E-state index contributed by atoms with van der Waals surface area (Å²) in [6, 6.07) is 4.27. The number of carbonyl (C=O) groups is 2. The van der Waals surface area contributed by atoms with Crippen LogP contribution in [-0.2, 0) is 10.9 Å². The first-order chi connectivity index (χ1) is 13.5. The van der Waals surface area contributed by atoms with Crippen LogP contribution in [0.5, 0.6) is 0 Å². The average molecular weight is 418 g/mol. The van der Waals surface area contributed by atoms with Gasteiger partial charge in [-0.25, -0.2) is 4.79 Å². The van der Waals surface area contributed by atoms with Crippen LogP contribution in [0, 0.1) is 5.92 Å². The molecule has 0 atom stereocenters. The highest BCUT2D eigenvalue weighted by atomic mass is 19.4. The van der Waals surface area contributed by atoms with Crippen LogP contribution in [0.4, 0.5) is 18.0 Å². The van der Waals surface area contributed by atoms with Crippen molar-refractivity contribution in [2.24, 2.45) is 5.92 Å². The number of ether oxygens (including phenoxy) is 1. The largest absolute Gasteiger partial charge is 0.444 e. The van der Waals surface area contributed by atoms with Crippen molar-refractivity contribution >= 4 is 11.9 Å². The molecule has 166 valence electrons. The maximum absolute atomic E-state index is 12.6. The Morgan fingerprint density at radius 1 is 0.931 bits per heavy atom. The summed E-state index contributed by atoms with van der Waals surface area (Å²) in [5, 5.41) is 0. The van der Waals surface area contributed by atoms with Gasteiger partial charge in [0.15, 0.2) is 5.78 Å². The van der Waals surface area contributed by atoms with Crippen LogP contribution in [0.2, 0.25) is 0 Å². The first-order valence-corrected chi connectivity index (χ1v) is 10.2. The molecule has 1 aliphatic heterocycles. The lowest BCUT2D eigenvalue weighted by Gasteiger charge is -2.33. The highest BCUT2D eigenvalue weighted by Gasteiger charge is 2.32. The summed E-state index contributed by atoms with van der Waals surface area (Å²) in [4.78, 5) is 26.0. The minimum atomic E-state index is -4.42. The number of likely N-dealkylation sites (tertiary alicyclic amines) is 1. The predicted molar refractivity (Wildman–Crippen MR) is 109 cm³/mol. The fraction of sp³-hybridized carbons (Fsp3) is 0.636. The SMILES string of the molecule is CC.CC.CC(C)(C)OC(=O)N1CCC(C(=O)c2ccc(C(F)(F)F)cc2)CC1. The molecule has 0 unspecified atom stereocenters. The van der Waals surface area contributed by atoms with E-state index in [1.165, 1.54) is 12.1 Å². The molecule has 1 aromatic carbocycles. The van der Waals surface area contributed by atoms with Gasteiger partial charge in [-0.1, -0.05) is 39.8 Å². The quantitative estimate of drug-likeness (QED) is 0.510. The highest BCUT2D eigenvalue weighted by molar-refractivity contribution is 5.98. The van der Waals surface area contributed by atoms with Gasteiger partial charge in [0.2, 0.25) is 0 Å². The third kappa shape index (κ3) is 8.88. The van der Waals surface area contributed by atoms with Gasteiger partial charge in [-0.2, -0.15) is 13.2 Å². The van der Waals surface area contributed by atoms with Crippen molar-refractivity contribution < 1.29 is 27.5 Å². The number of rotatable bonds is 2. The Kier molecular flexibility index (Phi) is 11.0. The molecular formula is C22H34F3NO3. The number of hydrogen-bond acceptors (Lipinski definition) is 3. The minimum absolute atomic E-state index is 0.183. The fourth-order valence-electron chi connectivity index (χ4n) is 2.71. The number of Topliss-reactive ketones (excluding diaryl/α,β-unsaturated/α-hetero) is 1. The Bertz CT molecular complexity index is 626. The third-order valence-corrected chi connectivity index (χ3v) is 4.01. The van der Waals surface area contributed by atoms with E-state index in [0.717, 1.165) is 12.1 Å². The van der Waals surface area contributed by atoms with Crippen molar-refractivity contribution in [2.45, 2.75) is 73.1 Å². The van der Waals surface area contributed by atoms with Gasteiger partial charge in [0.1, 0.15) is 5.60 Å². The summed E-state index contributed by atoms with van der Waals surface area (Å²) in [5.41, 5.74) is -1.09. The molecule has 4 nitrogen and oxygen atoms in total. The van der Waals surface area contributed by atoms with Crippen LogP contribution in [0.15, 0.2) is 24.3 Å². The molecule has 1 aromatic rings. The Hall–Kier alpha value is -2.05. The van der Waals surface area contributed by atoms with Crippen molar-refractivity contribution in [3.05, 3.63) is 35.4 Å². The number of piperidine rings is 1. The van der Waals surface area contributed by atoms with E-state index in [4.69, 9.17) is 4.74 Å². The molecule has 0 saturated carbocycles. The number of benzene rings is 1. The standard InChI is InChI=1S/C18H22F3NO3.2C2H6/c1-17(2,3)25-16(24)22-10-8-13(9-11-22)15(23)12-4-6-14(7-5-12)18(19,20)21;2*1-2/h4-7,13H,8-11H2,1-3H3;2*1-2H3. The van der Waals surface area contributed by atoms with Gasteiger partial charge in [-0.3, -0.25) is 4.79 Å². The van der Waals surface area contributed by atoms with Crippen LogP contribution in [0.1, 0.15) is 77.2 Å². The second-order valence-corrected chi connectivity index (χ2v) is 7.18. The molecule has 0 spiro atoms. The lowest BCUT2D eigenvalue weighted by Crippen LogP contribution is -2.43. The van der Waals surface area contributed by atoms with E-state index in [1.54, 1.807) is 25.7 Å². The molecule has 1 saturated heterocycles. The lowest BCUT2D eigenvalue weighted by atomic mass is 9.88. The predicted octanol–water partition coefficient (Wildman–Crippen LogP) is 6.59. The number of halogens is 3. The molecule has 0 bridgehead atoms. The average Bonchev–Trinajstić information content (AvgIpc) is 2.69. The van der Waals surface area contributed by atoms with Crippen molar-refractivity contribution in [2.75, 3.05) is 13.1 Å². The van der Waals surface area contributed by atoms with E-state index >= 15 is 0 Å². The number of amides is 1. The van der Waals surface area contributed by atoms with Crippen LogP contribution in [-0.4, -0.2) is 35.5 Å². The maximum Gasteiger partial charge on any atom is 0.416 e. The Morgan fingerprint density at radius 2 is 1.38 bits per heavy atom. The van der Waals surface area contributed by atoms with Gasteiger partial charge in [0, 0.05) is 24.6 Å². The summed E-state index contributed by atoms with van der Waals surface area (Å²) >= 11 is 0. The van der Waals surface area contributed by atoms with E-state index in [9.17, 15) is 22.8 Å². The number of hydrogen-bond donors (Lipinski definition) is 0. The van der Waals surface area contributed by atoms with E-state index in [-0.39, 0.29) is 17.3 Å². The number of nitrogens with zero attached hydrogens (tertiary/aromatic N) is 1. The lowest BCUT2D eigenvalue weighted by molar-refractivity contribution is -0.137. The Labute approximate surface area is 172 Å². The fourth-order valence-corrected chi connectivity index (χ4v) is 2.71. The number of alkyl halides is 3. The van der Waals surface area contributed by atoms with Crippen molar-refractivity contribution in [1.29, 1.82) is 0 Å². The summed E-state index contributed by atoms with van der Waals surface area (Å²) < 4.78 is 43.0. The molecule has 7 heteroatoms. The number of ketones is 1. The van der Waals surface area contributed by atoms with Crippen molar-refractivity contribution in [3.8, 4) is 0 Å². The Balaban J connectivity index is 0.00000184. The van der Waals surface area contributed by atoms with E-state index < -0.39 is 23.4 Å². The monoisotopic (exact) mass is 417 g/mol. The van der Waals surface area contributed by atoms with Crippen LogP contribution < -0.4 is 0 Å². The van der Waals surface area contributed by atoms with Gasteiger partial charge in [0.25, 0.3) is 0 Å². The molecule has 1 amide bonds. The van der Waals surface area contributed by atoms with Crippen LogP contribution in [0.3, 0.4) is 0 Å². The first kappa shape index (κ1) is 27.0. The molecule has 0 aliphatic carbocycles. The molecule has 29 heavy (non-hydrogen) atoms. The molecular weight excluding hydrogens is 383 g/mol. The topological polar surface area (TPSA) is 46.6 Å². The normalized spacial score (nSPS) is 14.8. The molecule has 1 aliphatic rings. The zero-order chi connectivity index (χ0) is 22.8. The van der Waals surface area contributed by atoms with Crippen LogP contribution >= 0.6 is 0 Å². The maximum atomic E-state index is 12.6. The summed E-state index contributed by atoms with van der Waals surface area (Å²) in [7, 11) is 0. The molecule has 0 radical (unpaired) electrons. The highest BCUT2D eigenvalue weighted by Crippen LogP contribution is 2.30. The minimum Gasteiger partial charge on any atom is -0.444 e. The molecule has 1 heterocycles. The van der Waals surface area contributed by atoms with E-state index in [1.807, 2.05) is 27.7 Å². The van der Waals surface area contributed by atoms with Gasteiger partial charge in [-0.15, -0.1) is 0 Å². The third-order valence-electron chi connectivity index (χ3n) is 4.01. The summed E-state index contributed by atoms with van der Waals surface area (Å²) in [6.07, 6.45) is -3.88. The zero-order valence-electron chi connectivity index (χ0n) is 18.5. The summed E-state index contributed by atoms with van der Waals surface area (Å²) in [6.45, 7) is 14.1. The van der Waals surface area contributed by atoms with E-state index in [0.29, 0.717) is 25.9 Å². The number of carbonyl (C=O) groups excluding carboxylic acids is 2. The smallest absolute Gasteiger partial charge is 0.416 e. The van der Waals surface area contributed by atoms with Crippen LogP contribution in [0.25, 0.3) is 0 Å². The summed E-state index contributed by atoms with van der Waals surface area (Å²) in [5.74, 6) is -0.479. The van der Waals surface area contributed by atoms with Gasteiger partial charge in [0.05, 0.1) is 5.56 Å². The van der Waals surface area contributed by atoms with Gasteiger partial charge < -0.3 is 9.64 Å². The molecule has 1 fully saturated rings.